The molecule has 1 aliphatic heterocycles. The van der Waals surface area contributed by atoms with Crippen LogP contribution in [0.4, 0.5) is 0 Å². The minimum absolute atomic E-state index is 0. The van der Waals surface area contributed by atoms with Crippen molar-refractivity contribution >= 4 is 29.9 Å². The highest BCUT2D eigenvalue weighted by atomic mass is 127. The number of aryl methyl sites for hydroxylation is 1. The zero-order valence-corrected chi connectivity index (χ0v) is 20.3. The number of hydrogen-bond acceptors (Lipinski definition) is 4. The number of halogens is 1. The molecule has 6 nitrogen and oxygen atoms in total. The van der Waals surface area contributed by atoms with E-state index in [0.29, 0.717) is 26.3 Å². The molecule has 1 saturated heterocycles. The van der Waals surface area contributed by atoms with E-state index in [0.717, 1.165) is 30.3 Å². The third-order valence-corrected chi connectivity index (χ3v) is 4.87. The molecule has 0 bridgehead atoms. The maximum Gasteiger partial charge on any atom is 0.191 e. The summed E-state index contributed by atoms with van der Waals surface area (Å²) in [6.07, 6.45) is 1.07. The standard InChI is InChI=1S/C23H31N3O3.HI/c1-17-4-9-20(22(12-17)29-21-10-11-28-16-21)14-26-23(24-2)25-13-18-5-7-19(8-6-18)15-27-3;/h4-9,12,21H,10-11,13-16H2,1-3H3,(H2,24,25,26);1H. The smallest absolute Gasteiger partial charge is 0.191 e. The van der Waals surface area contributed by atoms with Gasteiger partial charge in [-0.25, -0.2) is 0 Å². The van der Waals surface area contributed by atoms with Gasteiger partial charge in [0, 0.05) is 39.2 Å². The number of nitrogens with zero attached hydrogens (tertiary/aromatic N) is 1. The first kappa shape index (κ1) is 24.4. The molecule has 1 fully saturated rings. The van der Waals surface area contributed by atoms with Crippen molar-refractivity contribution in [2.75, 3.05) is 27.4 Å². The van der Waals surface area contributed by atoms with E-state index in [1.54, 1.807) is 14.2 Å². The molecule has 0 aromatic heterocycles. The topological polar surface area (TPSA) is 64.1 Å². The Morgan fingerprint density at radius 1 is 1.10 bits per heavy atom. The monoisotopic (exact) mass is 525 g/mol. The normalized spacial score (nSPS) is 16.1. The Morgan fingerprint density at radius 2 is 1.83 bits per heavy atom. The Morgan fingerprint density at radius 3 is 2.50 bits per heavy atom. The quantitative estimate of drug-likeness (QED) is 0.312. The van der Waals surface area contributed by atoms with Crippen molar-refractivity contribution in [2.24, 2.45) is 4.99 Å². The van der Waals surface area contributed by atoms with Crippen molar-refractivity contribution in [3.63, 3.8) is 0 Å². The SMILES string of the molecule is CN=C(NCc1ccc(COC)cc1)NCc1ccc(C)cc1OC1CCOC1.I. The first-order valence-electron chi connectivity index (χ1n) is 10.0. The van der Waals surface area contributed by atoms with Gasteiger partial charge in [0.1, 0.15) is 11.9 Å². The number of ether oxygens (including phenoxy) is 3. The largest absolute Gasteiger partial charge is 0.488 e. The van der Waals surface area contributed by atoms with Gasteiger partial charge in [-0.2, -0.15) is 0 Å². The second kappa shape index (κ2) is 12.8. The fourth-order valence-corrected chi connectivity index (χ4v) is 3.21. The third kappa shape index (κ3) is 7.45. The van der Waals surface area contributed by atoms with Crippen LogP contribution in [0, 0.1) is 6.92 Å². The Hall–Kier alpha value is -1.84. The molecule has 0 saturated carbocycles. The Kier molecular flexibility index (Phi) is 10.4. The van der Waals surface area contributed by atoms with Gasteiger partial charge in [-0.3, -0.25) is 4.99 Å². The minimum atomic E-state index is 0. The van der Waals surface area contributed by atoms with Crippen molar-refractivity contribution in [3.8, 4) is 5.75 Å². The van der Waals surface area contributed by atoms with Crippen LogP contribution in [-0.4, -0.2) is 39.4 Å². The molecule has 2 aromatic carbocycles. The van der Waals surface area contributed by atoms with Crippen molar-refractivity contribution in [2.45, 2.75) is 39.1 Å². The average molecular weight is 525 g/mol. The molecule has 164 valence electrons. The summed E-state index contributed by atoms with van der Waals surface area (Å²) in [5.41, 5.74) is 4.64. The van der Waals surface area contributed by atoms with Crippen molar-refractivity contribution < 1.29 is 14.2 Å². The number of rotatable bonds is 8. The van der Waals surface area contributed by atoms with Crippen LogP contribution < -0.4 is 15.4 Å². The fraction of sp³-hybridized carbons (Fsp3) is 0.435. The fourth-order valence-electron chi connectivity index (χ4n) is 3.21. The molecule has 0 aliphatic carbocycles. The van der Waals surface area contributed by atoms with Crippen LogP contribution >= 0.6 is 24.0 Å². The molecule has 0 amide bonds. The maximum atomic E-state index is 6.18. The molecule has 1 unspecified atom stereocenters. The Balaban J connectivity index is 0.00000320. The first-order valence-corrected chi connectivity index (χ1v) is 10.0. The molecule has 2 N–H and O–H groups in total. The van der Waals surface area contributed by atoms with Crippen molar-refractivity contribution in [1.29, 1.82) is 0 Å². The van der Waals surface area contributed by atoms with Crippen molar-refractivity contribution in [3.05, 3.63) is 64.7 Å². The lowest BCUT2D eigenvalue weighted by molar-refractivity contribution is 0.140. The molecule has 7 heteroatoms. The van der Waals surface area contributed by atoms with Gasteiger partial charge >= 0.3 is 0 Å². The molecule has 1 aliphatic rings. The summed E-state index contributed by atoms with van der Waals surface area (Å²) in [6.45, 7) is 5.47. The van der Waals surface area contributed by atoms with Crippen LogP contribution in [0.1, 0.15) is 28.7 Å². The van der Waals surface area contributed by atoms with Crippen LogP contribution in [0.15, 0.2) is 47.5 Å². The van der Waals surface area contributed by atoms with Gasteiger partial charge in [0.05, 0.1) is 19.8 Å². The second-order valence-corrected chi connectivity index (χ2v) is 7.24. The molecular weight excluding hydrogens is 493 g/mol. The highest BCUT2D eigenvalue weighted by Gasteiger charge is 2.18. The lowest BCUT2D eigenvalue weighted by atomic mass is 10.1. The van der Waals surface area contributed by atoms with Crippen LogP contribution in [0.3, 0.4) is 0 Å². The predicted molar refractivity (Wildman–Crippen MR) is 131 cm³/mol. The summed E-state index contributed by atoms with van der Waals surface area (Å²) < 4.78 is 16.8. The Bertz CT molecular complexity index is 806. The van der Waals surface area contributed by atoms with Crippen LogP contribution in [0.2, 0.25) is 0 Å². The molecule has 3 rings (SSSR count). The third-order valence-electron chi connectivity index (χ3n) is 4.87. The van der Waals surface area contributed by atoms with E-state index in [1.165, 1.54) is 16.7 Å². The number of benzene rings is 2. The lowest BCUT2D eigenvalue weighted by Gasteiger charge is -2.18. The molecule has 30 heavy (non-hydrogen) atoms. The maximum absolute atomic E-state index is 6.18. The molecule has 1 atom stereocenters. The lowest BCUT2D eigenvalue weighted by Crippen LogP contribution is -2.36. The zero-order valence-electron chi connectivity index (χ0n) is 17.9. The molecule has 0 spiro atoms. The highest BCUT2D eigenvalue weighted by Crippen LogP contribution is 2.23. The number of guanidine groups is 1. The van der Waals surface area contributed by atoms with Gasteiger partial charge in [0.25, 0.3) is 0 Å². The second-order valence-electron chi connectivity index (χ2n) is 7.24. The summed E-state index contributed by atoms with van der Waals surface area (Å²) in [4.78, 5) is 4.33. The van der Waals surface area contributed by atoms with Gasteiger partial charge in [-0.15, -0.1) is 24.0 Å². The van der Waals surface area contributed by atoms with Crippen LogP contribution in [0.5, 0.6) is 5.75 Å². The summed E-state index contributed by atoms with van der Waals surface area (Å²) in [7, 11) is 3.48. The zero-order chi connectivity index (χ0) is 20.5. The van der Waals surface area contributed by atoms with E-state index in [4.69, 9.17) is 14.2 Å². The minimum Gasteiger partial charge on any atom is -0.488 e. The van der Waals surface area contributed by atoms with Gasteiger partial charge in [0.15, 0.2) is 5.96 Å². The number of hydrogen-bond donors (Lipinski definition) is 2. The molecule has 2 aromatic rings. The summed E-state index contributed by atoms with van der Waals surface area (Å²) in [5.74, 6) is 1.67. The number of nitrogens with one attached hydrogen (secondary N) is 2. The predicted octanol–water partition coefficient (Wildman–Crippen LogP) is 3.79. The molecular formula is C23H32IN3O3. The molecule has 0 radical (unpaired) electrons. The number of methoxy groups -OCH3 is 1. The van der Waals surface area contributed by atoms with Crippen molar-refractivity contribution in [1.82, 2.24) is 10.6 Å². The summed E-state index contributed by atoms with van der Waals surface area (Å²) in [6, 6.07) is 14.7. The van der Waals surface area contributed by atoms with Gasteiger partial charge in [-0.1, -0.05) is 36.4 Å². The number of aliphatic imine (C=N–C) groups is 1. The molecule has 1 heterocycles. The van der Waals surface area contributed by atoms with E-state index < -0.39 is 0 Å². The van der Waals surface area contributed by atoms with Gasteiger partial charge in [-0.05, 0) is 29.7 Å². The van der Waals surface area contributed by atoms with Gasteiger partial charge in [0.2, 0.25) is 0 Å². The summed E-state index contributed by atoms with van der Waals surface area (Å²) in [5, 5.41) is 6.74. The van der Waals surface area contributed by atoms with E-state index in [9.17, 15) is 0 Å². The van der Waals surface area contributed by atoms with E-state index >= 15 is 0 Å². The van der Waals surface area contributed by atoms with Crippen LogP contribution in [-0.2, 0) is 29.2 Å². The van der Waals surface area contributed by atoms with Crippen LogP contribution in [0.25, 0.3) is 0 Å². The first-order chi connectivity index (χ1) is 14.2. The average Bonchev–Trinajstić information content (AvgIpc) is 3.24. The highest BCUT2D eigenvalue weighted by molar-refractivity contribution is 14.0. The van der Waals surface area contributed by atoms with Gasteiger partial charge < -0.3 is 24.8 Å². The Labute approximate surface area is 196 Å². The van der Waals surface area contributed by atoms with E-state index in [2.05, 4.69) is 65.0 Å². The van der Waals surface area contributed by atoms with E-state index in [-0.39, 0.29) is 30.1 Å². The summed E-state index contributed by atoms with van der Waals surface area (Å²) >= 11 is 0. The van der Waals surface area contributed by atoms with E-state index in [1.807, 2.05) is 0 Å².